The SMILES string of the molecule is C=C/C=C(\C=C/C)c1c(NC)ccc2c1N(c1ccccc1)C(=C)/C=C\C1=C/2c2ccccc2\C=C(c2ccccc2)/C=C\C=C\N1. The molecule has 0 saturated carbocycles. The molecule has 47 heavy (non-hydrogen) atoms. The van der Waals surface area contributed by atoms with Gasteiger partial charge in [-0.05, 0) is 77.3 Å². The molecule has 0 fully saturated rings. The molecule has 0 radical (unpaired) electrons. The second-order valence-electron chi connectivity index (χ2n) is 11.2. The van der Waals surface area contributed by atoms with E-state index in [1.807, 2.05) is 38.4 Å². The Kier molecular flexibility index (Phi) is 9.45. The Morgan fingerprint density at radius 1 is 0.809 bits per heavy atom. The number of hydrogen-bond donors (Lipinski definition) is 2. The lowest BCUT2D eigenvalue weighted by molar-refractivity contribution is 1.10. The molecule has 3 heteroatoms. The fourth-order valence-electron chi connectivity index (χ4n) is 6.19. The van der Waals surface area contributed by atoms with Crippen molar-refractivity contribution in [3.8, 4) is 0 Å². The fourth-order valence-corrected chi connectivity index (χ4v) is 6.19. The first-order valence-electron chi connectivity index (χ1n) is 15.9. The summed E-state index contributed by atoms with van der Waals surface area (Å²) in [5.41, 5.74) is 13.6. The van der Waals surface area contributed by atoms with Gasteiger partial charge in [0, 0.05) is 52.7 Å². The van der Waals surface area contributed by atoms with Gasteiger partial charge >= 0.3 is 0 Å². The average Bonchev–Trinajstić information content (AvgIpc) is 3.14. The molecular formula is C44H39N3. The van der Waals surface area contributed by atoms with E-state index in [4.69, 9.17) is 0 Å². The molecule has 0 atom stereocenters. The van der Waals surface area contributed by atoms with Gasteiger partial charge in [0.15, 0.2) is 0 Å². The zero-order chi connectivity index (χ0) is 32.6. The highest BCUT2D eigenvalue weighted by Crippen LogP contribution is 2.48. The van der Waals surface area contributed by atoms with Crippen LogP contribution in [0.1, 0.15) is 34.7 Å². The van der Waals surface area contributed by atoms with Gasteiger partial charge in [-0.25, -0.2) is 0 Å². The Morgan fingerprint density at radius 3 is 2.30 bits per heavy atom. The predicted molar refractivity (Wildman–Crippen MR) is 204 cm³/mol. The topological polar surface area (TPSA) is 27.3 Å². The number of benzene rings is 4. The maximum absolute atomic E-state index is 4.61. The van der Waals surface area contributed by atoms with Crippen molar-refractivity contribution in [3.63, 3.8) is 0 Å². The number of nitrogens with one attached hydrogen (secondary N) is 2. The van der Waals surface area contributed by atoms with Gasteiger partial charge < -0.3 is 15.5 Å². The van der Waals surface area contributed by atoms with Crippen molar-refractivity contribution in [2.75, 3.05) is 17.3 Å². The standard InChI is InChI=1S/C44H39N3/c1-5-17-34(18-6-2)42-40(45-4)29-27-39-43-38-25-14-13-22-36(38)31-35(33-19-9-7-10-20-33)21-15-16-30-46-41(43)28-26-32(3)47(44(39)42)37-23-11-8-12-24-37/h5-31,45-46H,1,3H2,2,4H3/b18-6-,21-15-,28-26-,30-16+,34-17+,35-31+,43-41+. The molecule has 6 rings (SSSR count). The van der Waals surface area contributed by atoms with Crippen molar-refractivity contribution in [2.45, 2.75) is 6.92 Å². The molecular weight excluding hydrogens is 571 g/mol. The molecule has 230 valence electrons. The second-order valence-corrected chi connectivity index (χ2v) is 11.2. The molecule has 0 aromatic heterocycles. The van der Waals surface area contributed by atoms with E-state index in [0.29, 0.717) is 0 Å². The average molecular weight is 610 g/mol. The Balaban J connectivity index is 1.76. The summed E-state index contributed by atoms with van der Waals surface area (Å²) in [6, 6.07) is 34.0. The van der Waals surface area contributed by atoms with Gasteiger partial charge in [0.1, 0.15) is 0 Å². The van der Waals surface area contributed by atoms with Crippen molar-refractivity contribution in [2.24, 2.45) is 0 Å². The van der Waals surface area contributed by atoms with Crippen LogP contribution in [0.2, 0.25) is 0 Å². The van der Waals surface area contributed by atoms with Crippen molar-refractivity contribution >= 4 is 39.9 Å². The van der Waals surface area contributed by atoms with E-state index in [1.54, 1.807) is 0 Å². The quantitative estimate of drug-likeness (QED) is 0.213. The first-order valence-corrected chi connectivity index (χ1v) is 15.9. The minimum Gasteiger partial charge on any atom is -0.388 e. The Labute approximate surface area is 279 Å². The minimum atomic E-state index is 0.844. The van der Waals surface area contributed by atoms with Crippen LogP contribution >= 0.6 is 0 Å². The highest BCUT2D eigenvalue weighted by Gasteiger charge is 2.28. The fraction of sp³-hybridized carbons (Fsp3) is 0.0455. The number of rotatable bonds is 6. The lowest BCUT2D eigenvalue weighted by atomic mass is 9.85. The predicted octanol–water partition coefficient (Wildman–Crippen LogP) is 11.1. The number of allylic oxidation sites excluding steroid dienone is 11. The molecule has 0 aliphatic carbocycles. The Hall–Kier alpha value is -6.06. The van der Waals surface area contributed by atoms with Gasteiger partial charge in [-0.2, -0.15) is 0 Å². The highest BCUT2D eigenvalue weighted by atomic mass is 15.2. The van der Waals surface area contributed by atoms with E-state index in [2.05, 4.69) is 168 Å². The first-order chi connectivity index (χ1) is 23.1. The van der Waals surface area contributed by atoms with Crippen LogP contribution in [0.3, 0.4) is 0 Å². The van der Waals surface area contributed by atoms with Gasteiger partial charge in [0.05, 0.1) is 5.69 Å². The van der Waals surface area contributed by atoms with Crippen LogP contribution in [0.15, 0.2) is 182 Å². The van der Waals surface area contributed by atoms with E-state index in [1.165, 1.54) is 0 Å². The summed E-state index contributed by atoms with van der Waals surface area (Å²) in [5, 5.41) is 7.13. The third kappa shape index (κ3) is 6.38. The molecule has 2 heterocycles. The van der Waals surface area contributed by atoms with Gasteiger partial charge in [0.25, 0.3) is 0 Å². The maximum Gasteiger partial charge on any atom is 0.0639 e. The number of anilines is 3. The van der Waals surface area contributed by atoms with Gasteiger partial charge in [-0.3, -0.25) is 0 Å². The van der Waals surface area contributed by atoms with Crippen molar-refractivity contribution in [1.29, 1.82) is 0 Å². The number of fused-ring (bicyclic) bond motifs is 4. The zero-order valence-electron chi connectivity index (χ0n) is 26.9. The molecule has 3 nitrogen and oxygen atoms in total. The van der Waals surface area contributed by atoms with Gasteiger partial charge in [-0.1, -0.05) is 128 Å². The van der Waals surface area contributed by atoms with Crippen LogP contribution in [0.4, 0.5) is 17.1 Å². The van der Waals surface area contributed by atoms with Crippen molar-refractivity contribution < 1.29 is 0 Å². The normalized spacial score (nSPS) is 19.4. The van der Waals surface area contributed by atoms with E-state index in [9.17, 15) is 0 Å². The van der Waals surface area contributed by atoms with Gasteiger partial charge in [0.2, 0.25) is 0 Å². The van der Waals surface area contributed by atoms with Crippen LogP contribution in [0.5, 0.6) is 0 Å². The monoisotopic (exact) mass is 609 g/mol. The molecule has 4 aromatic rings. The summed E-state index contributed by atoms with van der Waals surface area (Å²) >= 11 is 0. The summed E-state index contributed by atoms with van der Waals surface area (Å²) in [7, 11) is 1.97. The third-order valence-electron chi connectivity index (χ3n) is 8.26. The maximum atomic E-state index is 4.61. The van der Waals surface area contributed by atoms with Crippen molar-refractivity contribution in [1.82, 2.24) is 5.32 Å². The lowest BCUT2D eigenvalue weighted by Crippen LogP contribution is -2.21. The van der Waals surface area contributed by atoms with E-state index >= 15 is 0 Å². The summed E-state index contributed by atoms with van der Waals surface area (Å²) in [6.45, 7) is 10.7. The number of nitrogens with zero attached hydrogens (tertiary/aromatic N) is 1. The minimum absolute atomic E-state index is 0.844. The number of para-hydroxylation sites is 1. The van der Waals surface area contributed by atoms with Crippen LogP contribution in [0.25, 0.3) is 22.8 Å². The molecule has 0 bridgehead atoms. The third-order valence-corrected chi connectivity index (χ3v) is 8.26. The zero-order valence-corrected chi connectivity index (χ0v) is 26.9. The summed E-state index contributed by atoms with van der Waals surface area (Å²) in [5.74, 6) is 0. The van der Waals surface area contributed by atoms with Crippen molar-refractivity contribution in [3.05, 3.63) is 210 Å². The summed E-state index contributed by atoms with van der Waals surface area (Å²) in [4.78, 5) is 2.27. The molecule has 2 aliphatic rings. The smallest absolute Gasteiger partial charge is 0.0639 e. The number of hydrogen-bond acceptors (Lipinski definition) is 3. The van der Waals surface area contributed by atoms with Crippen LogP contribution in [-0.4, -0.2) is 7.05 Å². The Bertz CT molecular complexity index is 2020. The highest BCUT2D eigenvalue weighted by molar-refractivity contribution is 6.03. The molecule has 0 unspecified atom stereocenters. The van der Waals surface area contributed by atoms with E-state index in [0.717, 1.165) is 73.0 Å². The molecule has 2 N–H and O–H groups in total. The Morgan fingerprint density at radius 2 is 1.55 bits per heavy atom. The first kappa shape index (κ1) is 30.9. The molecule has 0 amide bonds. The molecule has 2 aliphatic heterocycles. The van der Waals surface area contributed by atoms with Crippen LogP contribution < -0.4 is 15.5 Å². The summed E-state index contributed by atoms with van der Waals surface area (Å²) < 4.78 is 0. The van der Waals surface area contributed by atoms with Gasteiger partial charge in [-0.15, -0.1) is 0 Å². The largest absolute Gasteiger partial charge is 0.388 e. The lowest BCUT2D eigenvalue weighted by Gasteiger charge is -2.34. The summed E-state index contributed by atoms with van der Waals surface area (Å²) in [6.07, 6.45) is 22.9. The van der Waals surface area contributed by atoms with Crippen LogP contribution in [0, 0.1) is 0 Å². The molecule has 0 saturated heterocycles. The van der Waals surface area contributed by atoms with E-state index in [-0.39, 0.29) is 0 Å². The van der Waals surface area contributed by atoms with E-state index < -0.39 is 0 Å². The second kappa shape index (κ2) is 14.4. The molecule has 4 aromatic carbocycles. The molecule has 0 spiro atoms. The van der Waals surface area contributed by atoms with Crippen LogP contribution in [-0.2, 0) is 0 Å².